The van der Waals surface area contributed by atoms with Gasteiger partial charge in [0.05, 0.1) is 17.6 Å². The van der Waals surface area contributed by atoms with Gasteiger partial charge >= 0.3 is 6.03 Å². The van der Waals surface area contributed by atoms with E-state index in [-0.39, 0.29) is 0 Å². The lowest BCUT2D eigenvalue weighted by Gasteiger charge is -2.10. The van der Waals surface area contributed by atoms with E-state index >= 15 is 0 Å². The van der Waals surface area contributed by atoms with Crippen LogP contribution in [0.15, 0.2) is 67.2 Å². The first-order chi connectivity index (χ1) is 11.0. The molecule has 118 valence electrons. The molecule has 0 fully saturated rings. The van der Waals surface area contributed by atoms with Crippen LogP contribution in [0.1, 0.15) is 11.3 Å². The predicted octanol–water partition coefficient (Wildman–Crippen LogP) is 2.22. The predicted molar refractivity (Wildman–Crippen MR) is 91.5 cm³/mol. The van der Waals surface area contributed by atoms with Crippen LogP contribution in [0, 0.1) is 6.92 Å². The van der Waals surface area contributed by atoms with Crippen molar-refractivity contribution in [1.82, 2.24) is 15.1 Å². The molecule has 5 N–H and O–H groups in total. The summed E-state index contributed by atoms with van der Waals surface area (Å²) >= 11 is 0. The monoisotopic (exact) mass is 309 g/mol. The number of nitrogens with one attached hydrogen (secondary N) is 1. The van der Waals surface area contributed by atoms with Crippen LogP contribution >= 0.6 is 0 Å². The second-order valence-corrected chi connectivity index (χ2v) is 4.94. The molecule has 1 aromatic carbocycles. The molecule has 0 aliphatic rings. The van der Waals surface area contributed by atoms with E-state index < -0.39 is 6.03 Å². The van der Waals surface area contributed by atoms with Crippen molar-refractivity contribution in [2.45, 2.75) is 6.92 Å². The number of urea groups is 1. The summed E-state index contributed by atoms with van der Waals surface area (Å²) in [5, 5.41) is 6.78. The van der Waals surface area contributed by atoms with Gasteiger partial charge in [-0.15, -0.1) is 0 Å². The largest absolute Gasteiger partial charge is 0.405 e. The Bertz CT molecular complexity index is 786. The summed E-state index contributed by atoms with van der Waals surface area (Å²) < 4.78 is 1.79. The summed E-state index contributed by atoms with van der Waals surface area (Å²) in [6.07, 6.45) is 6.49. The van der Waals surface area contributed by atoms with Gasteiger partial charge in [-0.2, -0.15) is 5.10 Å². The van der Waals surface area contributed by atoms with E-state index in [1.165, 1.54) is 6.20 Å². The highest BCUT2D eigenvalue weighted by molar-refractivity contribution is 5.78. The highest BCUT2D eigenvalue weighted by atomic mass is 16.2. The summed E-state index contributed by atoms with van der Waals surface area (Å²) in [6, 6.07) is 9.15. The fourth-order valence-electron chi connectivity index (χ4n) is 2.18. The molecule has 2 amide bonds. The molecule has 2 rings (SSSR count). The molecule has 0 unspecified atom stereocenters. The Morgan fingerprint density at radius 1 is 1.39 bits per heavy atom. The number of rotatable bonds is 5. The van der Waals surface area contributed by atoms with Gasteiger partial charge in [0.15, 0.2) is 0 Å². The van der Waals surface area contributed by atoms with Gasteiger partial charge in [0.2, 0.25) is 0 Å². The van der Waals surface area contributed by atoms with Gasteiger partial charge in [-0.25, -0.2) is 9.48 Å². The molecule has 0 spiro atoms. The van der Waals surface area contributed by atoms with Crippen molar-refractivity contribution >= 4 is 11.6 Å². The lowest BCUT2D eigenvalue weighted by Crippen LogP contribution is -2.27. The second kappa shape index (κ2) is 7.13. The minimum Gasteiger partial charge on any atom is -0.405 e. The van der Waals surface area contributed by atoms with Gasteiger partial charge in [0.25, 0.3) is 0 Å². The van der Waals surface area contributed by atoms with Crippen molar-refractivity contribution in [2.75, 3.05) is 0 Å². The molecule has 0 radical (unpaired) electrons. The molecule has 6 heteroatoms. The van der Waals surface area contributed by atoms with Crippen LogP contribution in [-0.4, -0.2) is 15.8 Å². The summed E-state index contributed by atoms with van der Waals surface area (Å²) in [5.74, 6) is 0. The van der Waals surface area contributed by atoms with Gasteiger partial charge in [0.1, 0.15) is 0 Å². The molecule has 2 aromatic rings. The first-order valence-electron chi connectivity index (χ1n) is 6.98. The zero-order valence-electron chi connectivity index (χ0n) is 12.9. The van der Waals surface area contributed by atoms with Crippen LogP contribution in [0.4, 0.5) is 4.79 Å². The maximum Gasteiger partial charge on any atom is 0.316 e. The molecular formula is C17H19N5O. The van der Waals surface area contributed by atoms with Crippen LogP contribution in [0.2, 0.25) is 0 Å². The van der Waals surface area contributed by atoms with Crippen LogP contribution in [0.3, 0.4) is 0 Å². The Morgan fingerprint density at radius 2 is 2.17 bits per heavy atom. The Kier molecular flexibility index (Phi) is 4.99. The normalized spacial score (nSPS) is 11.6. The molecule has 23 heavy (non-hydrogen) atoms. The van der Waals surface area contributed by atoms with Gasteiger partial charge in [0, 0.05) is 11.3 Å². The van der Waals surface area contributed by atoms with E-state index in [1.807, 2.05) is 37.3 Å². The third kappa shape index (κ3) is 4.10. The van der Waals surface area contributed by atoms with Crippen molar-refractivity contribution in [3.63, 3.8) is 0 Å². The first kappa shape index (κ1) is 16.1. The maximum absolute atomic E-state index is 10.9. The number of hydrogen-bond acceptors (Lipinski definition) is 3. The molecule has 1 aromatic heterocycles. The number of amides is 2. The number of benzene rings is 1. The van der Waals surface area contributed by atoms with Crippen molar-refractivity contribution in [3.05, 3.63) is 78.4 Å². The molecule has 0 bridgehead atoms. The third-order valence-corrected chi connectivity index (χ3v) is 3.07. The van der Waals surface area contributed by atoms with Crippen LogP contribution < -0.4 is 16.8 Å². The van der Waals surface area contributed by atoms with Crippen LogP contribution in [-0.2, 0) is 0 Å². The summed E-state index contributed by atoms with van der Waals surface area (Å²) in [6.45, 7) is 5.77. The quantitative estimate of drug-likeness (QED) is 0.738. The Labute approximate surface area is 134 Å². The average Bonchev–Trinajstić information content (AvgIpc) is 2.95. The molecular weight excluding hydrogens is 290 g/mol. The summed E-state index contributed by atoms with van der Waals surface area (Å²) in [4.78, 5) is 10.9. The number of aromatic nitrogens is 2. The maximum atomic E-state index is 10.9. The van der Waals surface area contributed by atoms with Crippen LogP contribution in [0.25, 0.3) is 11.3 Å². The van der Waals surface area contributed by atoms with Gasteiger partial charge in [-0.3, -0.25) is 0 Å². The summed E-state index contributed by atoms with van der Waals surface area (Å²) in [5.41, 5.74) is 14.6. The molecule has 1 heterocycles. The fourth-order valence-corrected chi connectivity index (χ4v) is 2.18. The van der Waals surface area contributed by atoms with Crippen molar-refractivity contribution < 1.29 is 4.79 Å². The minimum atomic E-state index is -0.672. The van der Waals surface area contributed by atoms with E-state index in [1.54, 1.807) is 23.0 Å². The molecule has 6 nitrogen and oxygen atoms in total. The van der Waals surface area contributed by atoms with E-state index in [2.05, 4.69) is 17.0 Å². The minimum absolute atomic E-state index is 0.364. The lowest BCUT2D eigenvalue weighted by molar-refractivity contribution is 0.251. The second-order valence-electron chi connectivity index (χ2n) is 4.94. The van der Waals surface area contributed by atoms with Crippen molar-refractivity contribution in [1.29, 1.82) is 0 Å². The van der Waals surface area contributed by atoms with E-state index in [4.69, 9.17) is 11.5 Å². The lowest BCUT2D eigenvalue weighted by atomic mass is 10.1. The number of primary amides is 1. The van der Waals surface area contributed by atoms with E-state index in [0.717, 1.165) is 22.5 Å². The highest BCUT2D eigenvalue weighted by Gasteiger charge is 2.09. The number of aryl methyl sites for hydroxylation is 1. The highest BCUT2D eigenvalue weighted by Crippen LogP contribution is 2.21. The Balaban J connectivity index is 2.46. The zero-order chi connectivity index (χ0) is 16.8. The Morgan fingerprint density at radius 3 is 2.83 bits per heavy atom. The zero-order valence-corrected chi connectivity index (χ0v) is 12.9. The standard InChI is InChI=1S/C17H19N5O/c1-12-4-3-5-15(10-12)22-16(7-9-20-22)14(6-8-18)11-13(2)21-17(19)23/h3-11H,2,18H2,1H3,(H3,19,21,23)/b8-6-,14-11+. The van der Waals surface area contributed by atoms with Gasteiger partial charge in [-0.1, -0.05) is 18.7 Å². The van der Waals surface area contributed by atoms with E-state index in [0.29, 0.717) is 5.70 Å². The average molecular weight is 309 g/mol. The smallest absolute Gasteiger partial charge is 0.316 e. The Hall–Kier alpha value is -3.28. The van der Waals surface area contributed by atoms with Gasteiger partial charge < -0.3 is 16.8 Å². The molecule has 0 atom stereocenters. The number of nitrogens with two attached hydrogens (primary N) is 2. The fraction of sp³-hybridized carbons (Fsp3) is 0.0588. The number of nitrogens with zero attached hydrogens (tertiary/aromatic N) is 2. The number of carbonyl (C=O) groups excluding carboxylic acids is 1. The molecule has 0 aliphatic heterocycles. The number of carbonyl (C=O) groups is 1. The number of hydrogen-bond donors (Lipinski definition) is 3. The third-order valence-electron chi connectivity index (χ3n) is 3.07. The molecule has 0 saturated carbocycles. The van der Waals surface area contributed by atoms with E-state index in [9.17, 15) is 4.79 Å². The molecule has 0 aliphatic carbocycles. The van der Waals surface area contributed by atoms with Crippen molar-refractivity contribution in [3.8, 4) is 5.69 Å². The number of allylic oxidation sites excluding steroid dienone is 3. The first-order valence-corrected chi connectivity index (χ1v) is 6.98. The SMILES string of the molecule is C=C(/C=C(\C=C/N)c1ccnn1-c1cccc(C)c1)NC(N)=O. The topological polar surface area (TPSA) is 99.0 Å². The molecule has 0 saturated heterocycles. The van der Waals surface area contributed by atoms with Crippen LogP contribution in [0.5, 0.6) is 0 Å². The summed E-state index contributed by atoms with van der Waals surface area (Å²) in [7, 11) is 0. The van der Waals surface area contributed by atoms with Gasteiger partial charge in [-0.05, 0) is 49.0 Å². The van der Waals surface area contributed by atoms with Crippen molar-refractivity contribution in [2.24, 2.45) is 11.5 Å².